The van der Waals surface area contributed by atoms with Gasteiger partial charge in [0.15, 0.2) is 0 Å². The van der Waals surface area contributed by atoms with Gasteiger partial charge in [0.05, 0.1) is 19.6 Å². The molecule has 8 aromatic carbocycles. The average molecular weight is 2050 g/mol. The first-order valence-electron chi connectivity index (χ1n) is 51.9. The van der Waals surface area contributed by atoms with Crippen LogP contribution < -0.4 is 0 Å². The maximum absolute atomic E-state index is 12.2. The van der Waals surface area contributed by atoms with Gasteiger partial charge in [0.25, 0.3) is 0 Å². The van der Waals surface area contributed by atoms with E-state index < -0.39 is 40.5 Å². The summed E-state index contributed by atoms with van der Waals surface area (Å²) >= 11 is 0. The molecule has 8 rings (SSSR count). The Morgan fingerprint density at radius 2 is 0.279 bits per heavy atom. The molecule has 0 aliphatic rings. The first kappa shape index (κ1) is 117. The van der Waals surface area contributed by atoms with Crippen molar-refractivity contribution in [1.82, 2.24) is 0 Å². The predicted octanol–water partition coefficient (Wildman–Crippen LogP) is 32.9. The van der Waals surface area contributed by atoms with E-state index in [0.29, 0.717) is 69.5 Å². The van der Waals surface area contributed by atoms with Gasteiger partial charge in [-0.15, -0.1) is 0 Å². The summed E-state index contributed by atoms with van der Waals surface area (Å²) in [6.45, 7) is 17.8. The maximum atomic E-state index is 12.2. The third-order valence-corrected chi connectivity index (χ3v) is 30.1. The molecular weight excluding hydrogens is 1870 g/mol. The smallest absolute Gasteiger partial charge is 0.125 e. The molecule has 0 fully saturated rings. The van der Waals surface area contributed by atoms with E-state index in [9.17, 15) is 51.9 Å². The standard InChI is InChI=1S/4C28H44O3S.Pb/c4*1-3-5-7-9-11-13-15-18-24-20-17-21-27-26(24)23-22-25(28(27)32(29,30)31)19-16-14-12-10-8-6-4-2;/h4*17,20-23H,3-16,18-19H2,1-2H3,(H,29,30,31);/p-4. The summed E-state index contributed by atoms with van der Waals surface area (Å²) in [6, 6.07) is 38.9. The molecule has 4 radical (unpaired) electrons. The van der Waals surface area contributed by atoms with Gasteiger partial charge in [0.2, 0.25) is 0 Å². The minimum atomic E-state index is -4.52. The fourth-order valence-corrected chi connectivity index (χ4v) is 22.5. The fourth-order valence-electron chi connectivity index (χ4n) is 18.8. The summed E-state index contributed by atoms with van der Waals surface area (Å²) in [5, 5.41) is 6.16. The number of hydrogen-bond donors (Lipinski definition) is 0. The van der Waals surface area contributed by atoms with Crippen molar-refractivity contribution in [3.05, 3.63) is 166 Å². The number of benzene rings is 8. The van der Waals surface area contributed by atoms with Crippen LogP contribution in [0.15, 0.2) is 141 Å². The SMILES string of the molecule is CCCCCCCCCc1ccc2c(CCCCCCCCC)cccc2c1S(=O)(=O)[O-].CCCCCCCCCc1ccc2c(CCCCCCCCC)cccc2c1S(=O)(=O)[O-].CCCCCCCCCc1ccc2c(CCCCCCCCC)cccc2c1S(=O)(=O)[O-].CCCCCCCCCc1ccc2c(CCCCCCCCC)cccc2c1S(=O)(=O)[O-].[Pb]. The Balaban J connectivity index is 0.000000359. The maximum Gasteiger partial charge on any atom is 0.125 e. The summed E-state index contributed by atoms with van der Waals surface area (Å²) in [4.78, 5) is 0.0644. The van der Waals surface area contributed by atoms with Crippen molar-refractivity contribution < 1.29 is 51.9 Å². The van der Waals surface area contributed by atoms with Gasteiger partial charge in [-0.25, -0.2) is 33.7 Å². The molecule has 129 heavy (non-hydrogen) atoms. The topological polar surface area (TPSA) is 229 Å². The zero-order valence-electron chi connectivity index (χ0n) is 81.8. The second-order valence-corrected chi connectivity index (χ2v) is 42.3. The Kier molecular flexibility index (Phi) is 62.6. The van der Waals surface area contributed by atoms with Crippen LogP contribution in [0.4, 0.5) is 0 Å². The summed E-state index contributed by atoms with van der Waals surface area (Å²) in [7, 11) is -18.1. The molecule has 0 aromatic heterocycles. The second-order valence-electron chi connectivity index (χ2n) is 37.1. The van der Waals surface area contributed by atoms with Crippen molar-refractivity contribution in [2.24, 2.45) is 0 Å². The van der Waals surface area contributed by atoms with Crippen LogP contribution in [-0.2, 0) is 91.8 Å². The van der Waals surface area contributed by atoms with E-state index in [1.54, 1.807) is 0 Å². The summed E-state index contributed by atoms with van der Waals surface area (Å²) in [6.07, 6.45) is 74.2. The molecule has 8 aromatic rings. The van der Waals surface area contributed by atoms with Crippen LogP contribution in [0.5, 0.6) is 0 Å². The number of aryl methyl sites for hydroxylation is 8. The molecule has 0 amide bonds. The molecule has 0 aliphatic heterocycles. The molecule has 0 unspecified atom stereocenters. The average Bonchev–Trinajstić information content (AvgIpc) is 0.786. The Labute approximate surface area is 807 Å². The second kappa shape index (κ2) is 69.2. The van der Waals surface area contributed by atoms with Crippen molar-refractivity contribution in [1.29, 1.82) is 0 Å². The Bertz CT molecular complexity index is 4220. The summed E-state index contributed by atoms with van der Waals surface area (Å²) in [5.41, 5.74) is 7.38. The van der Waals surface area contributed by atoms with Crippen LogP contribution in [-0.4, -0.2) is 79.2 Å². The third-order valence-electron chi connectivity index (χ3n) is 26.1. The Morgan fingerprint density at radius 1 is 0.155 bits per heavy atom. The van der Waals surface area contributed by atoms with Crippen LogP contribution in [0.3, 0.4) is 0 Å². The molecule has 0 bridgehead atoms. The van der Waals surface area contributed by atoms with Crippen molar-refractivity contribution >= 4 is 111 Å². The quantitative estimate of drug-likeness (QED) is 0.0197. The Hall–Kier alpha value is -4.64. The predicted molar refractivity (Wildman–Crippen MR) is 547 cm³/mol. The molecule has 724 valence electrons. The van der Waals surface area contributed by atoms with Gasteiger partial charge in [0.1, 0.15) is 40.5 Å². The Morgan fingerprint density at radius 3 is 0.411 bits per heavy atom. The van der Waals surface area contributed by atoms with Crippen molar-refractivity contribution in [3.8, 4) is 0 Å². The van der Waals surface area contributed by atoms with Crippen LogP contribution in [0.1, 0.15) is 459 Å². The van der Waals surface area contributed by atoms with E-state index >= 15 is 0 Å². The molecule has 12 nitrogen and oxygen atoms in total. The van der Waals surface area contributed by atoms with Gasteiger partial charge >= 0.3 is 0 Å². The molecule has 0 saturated carbocycles. The van der Waals surface area contributed by atoms with E-state index in [1.165, 1.54) is 283 Å². The fraction of sp³-hybridized carbons (Fsp3) is 0.643. The van der Waals surface area contributed by atoms with Crippen molar-refractivity contribution in [2.45, 2.75) is 486 Å². The molecule has 0 saturated heterocycles. The van der Waals surface area contributed by atoms with Gasteiger partial charge in [-0.2, -0.15) is 0 Å². The van der Waals surface area contributed by atoms with Gasteiger partial charge < -0.3 is 18.2 Å². The van der Waals surface area contributed by atoms with E-state index in [0.717, 1.165) is 147 Å². The largest absolute Gasteiger partial charge is 0.744 e. The number of unbranched alkanes of at least 4 members (excludes halogenated alkanes) is 48. The van der Waals surface area contributed by atoms with E-state index in [1.807, 2.05) is 97.1 Å². The minimum absolute atomic E-state index is 0. The third kappa shape index (κ3) is 45.7. The molecule has 0 spiro atoms. The zero-order chi connectivity index (χ0) is 92.9. The monoisotopic (exact) mass is 2050 g/mol. The number of hydrogen-bond acceptors (Lipinski definition) is 12. The molecule has 0 N–H and O–H groups in total. The number of fused-ring (bicyclic) bond motifs is 4. The zero-order valence-corrected chi connectivity index (χ0v) is 89.0. The van der Waals surface area contributed by atoms with Gasteiger partial charge in [-0.05, 0) is 190 Å². The summed E-state index contributed by atoms with van der Waals surface area (Å²) < 4.78 is 147. The van der Waals surface area contributed by atoms with Crippen molar-refractivity contribution in [2.75, 3.05) is 0 Å². The van der Waals surface area contributed by atoms with E-state index in [4.69, 9.17) is 0 Å². The van der Waals surface area contributed by atoms with Crippen LogP contribution in [0, 0.1) is 0 Å². The van der Waals surface area contributed by atoms with Crippen molar-refractivity contribution in [3.63, 3.8) is 0 Å². The molecule has 17 heteroatoms. The molecule has 0 heterocycles. The molecular formula is C112H172O12PbS4-4. The van der Waals surface area contributed by atoms with Gasteiger partial charge in [-0.3, -0.25) is 0 Å². The van der Waals surface area contributed by atoms with Crippen LogP contribution in [0.2, 0.25) is 0 Å². The van der Waals surface area contributed by atoms with E-state index in [-0.39, 0.29) is 46.9 Å². The van der Waals surface area contributed by atoms with Crippen LogP contribution >= 0.6 is 0 Å². The number of rotatable bonds is 68. The summed E-state index contributed by atoms with van der Waals surface area (Å²) in [5.74, 6) is 0. The minimum Gasteiger partial charge on any atom is -0.744 e. The van der Waals surface area contributed by atoms with Gasteiger partial charge in [-0.1, -0.05) is 485 Å². The van der Waals surface area contributed by atoms with Gasteiger partial charge in [0, 0.05) is 27.3 Å². The molecule has 0 aliphatic carbocycles. The van der Waals surface area contributed by atoms with Crippen LogP contribution in [0.25, 0.3) is 43.1 Å². The van der Waals surface area contributed by atoms with E-state index in [2.05, 4.69) is 79.7 Å². The first-order chi connectivity index (χ1) is 61.9. The molecule has 0 atom stereocenters. The normalized spacial score (nSPS) is 11.9. The first-order valence-corrected chi connectivity index (χ1v) is 57.6.